The zero-order chi connectivity index (χ0) is 18.2. The maximum atomic E-state index is 12.3. The van der Waals surface area contributed by atoms with E-state index < -0.39 is 0 Å². The summed E-state index contributed by atoms with van der Waals surface area (Å²) in [7, 11) is 0. The fraction of sp³-hybridized carbons (Fsp3) is 0.364. The summed E-state index contributed by atoms with van der Waals surface area (Å²) in [6, 6.07) is 17.7. The lowest BCUT2D eigenvalue weighted by Crippen LogP contribution is -2.41. The Morgan fingerprint density at radius 1 is 0.808 bits per heavy atom. The van der Waals surface area contributed by atoms with Gasteiger partial charge in [0.1, 0.15) is 0 Å². The van der Waals surface area contributed by atoms with Crippen LogP contribution in [0.15, 0.2) is 54.6 Å². The lowest BCUT2D eigenvalue weighted by molar-refractivity contribution is -0.120. The molecule has 4 heteroatoms. The molecular weight excluding hydrogens is 324 g/mol. The number of carbonyl (C=O) groups excluding carboxylic acids is 2. The van der Waals surface area contributed by atoms with E-state index in [4.69, 9.17) is 0 Å². The molecule has 1 saturated carbocycles. The normalized spacial score (nSPS) is 15.1. The van der Waals surface area contributed by atoms with Crippen molar-refractivity contribution < 1.29 is 9.59 Å². The van der Waals surface area contributed by atoms with Crippen molar-refractivity contribution in [2.75, 3.05) is 6.54 Å². The Bertz CT molecular complexity index is 718. The van der Waals surface area contributed by atoms with Gasteiger partial charge in [0.2, 0.25) is 5.91 Å². The molecule has 4 nitrogen and oxygen atoms in total. The monoisotopic (exact) mass is 350 g/mol. The quantitative estimate of drug-likeness (QED) is 0.803. The van der Waals surface area contributed by atoms with Crippen LogP contribution >= 0.6 is 0 Å². The zero-order valence-corrected chi connectivity index (χ0v) is 15.0. The number of rotatable bonds is 5. The molecule has 1 aliphatic carbocycles. The number of hydrogen-bond acceptors (Lipinski definition) is 2. The largest absolute Gasteiger partial charge is 0.352 e. The molecule has 2 amide bonds. The highest BCUT2D eigenvalue weighted by Gasteiger charge is 2.15. The molecule has 0 aromatic heterocycles. The third-order valence-corrected chi connectivity index (χ3v) is 4.88. The average Bonchev–Trinajstić information content (AvgIpc) is 2.95. The first-order valence-electron chi connectivity index (χ1n) is 9.45. The molecule has 0 aliphatic heterocycles. The van der Waals surface area contributed by atoms with Gasteiger partial charge < -0.3 is 10.6 Å². The summed E-state index contributed by atoms with van der Waals surface area (Å²) in [6.45, 7) is 0.0236. The first-order chi connectivity index (χ1) is 12.7. The van der Waals surface area contributed by atoms with Crippen LogP contribution < -0.4 is 10.6 Å². The predicted octanol–water partition coefficient (Wildman–Crippen LogP) is 3.92. The maximum absolute atomic E-state index is 12.3. The molecule has 2 N–H and O–H groups in total. The minimum absolute atomic E-state index is 0.0236. The maximum Gasteiger partial charge on any atom is 0.251 e. The molecule has 1 fully saturated rings. The highest BCUT2D eigenvalue weighted by atomic mass is 16.2. The van der Waals surface area contributed by atoms with Crippen molar-refractivity contribution in [3.05, 3.63) is 60.2 Å². The SMILES string of the molecule is O=C(CNC(=O)c1ccc(-c2ccccc2)cc1)NC1CCCCCC1. The highest BCUT2D eigenvalue weighted by Crippen LogP contribution is 2.19. The van der Waals surface area contributed by atoms with Crippen LogP contribution in [0.3, 0.4) is 0 Å². The summed E-state index contributed by atoms with van der Waals surface area (Å²) in [6.07, 6.45) is 6.93. The minimum atomic E-state index is -0.222. The van der Waals surface area contributed by atoms with E-state index in [9.17, 15) is 9.59 Å². The van der Waals surface area contributed by atoms with Crippen LogP contribution in [0.4, 0.5) is 0 Å². The van der Waals surface area contributed by atoms with Crippen LogP contribution in [-0.4, -0.2) is 24.4 Å². The van der Waals surface area contributed by atoms with Crippen LogP contribution in [0.25, 0.3) is 11.1 Å². The van der Waals surface area contributed by atoms with Crippen molar-refractivity contribution in [2.45, 2.75) is 44.6 Å². The van der Waals surface area contributed by atoms with Crippen molar-refractivity contribution >= 4 is 11.8 Å². The summed E-state index contributed by atoms with van der Waals surface area (Å²) in [5, 5.41) is 5.75. The smallest absolute Gasteiger partial charge is 0.251 e. The van der Waals surface area contributed by atoms with Crippen molar-refractivity contribution in [2.24, 2.45) is 0 Å². The Balaban J connectivity index is 1.49. The molecule has 0 spiro atoms. The molecule has 0 bridgehead atoms. The van der Waals surface area contributed by atoms with E-state index in [1.54, 1.807) is 12.1 Å². The lowest BCUT2D eigenvalue weighted by Gasteiger charge is -2.16. The van der Waals surface area contributed by atoms with Crippen LogP contribution in [0, 0.1) is 0 Å². The van der Waals surface area contributed by atoms with Gasteiger partial charge in [-0.15, -0.1) is 0 Å². The molecule has 0 heterocycles. The average molecular weight is 350 g/mol. The first-order valence-corrected chi connectivity index (χ1v) is 9.45. The molecule has 2 aromatic carbocycles. The molecular formula is C22H26N2O2. The van der Waals surface area contributed by atoms with Crippen LogP contribution in [0.5, 0.6) is 0 Å². The fourth-order valence-electron chi connectivity index (χ4n) is 3.41. The molecule has 1 aliphatic rings. The molecule has 3 rings (SSSR count). The Morgan fingerprint density at radius 2 is 1.42 bits per heavy atom. The lowest BCUT2D eigenvalue weighted by atomic mass is 10.0. The van der Waals surface area contributed by atoms with Crippen LogP contribution in [0.2, 0.25) is 0 Å². The van der Waals surface area contributed by atoms with Crippen LogP contribution in [-0.2, 0) is 4.79 Å². The summed E-state index contributed by atoms with van der Waals surface area (Å²) in [4.78, 5) is 24.3. The number of nitrogens with one attached hydrogen (secondary N) is 2. The van der Waals surface area contributed by atoms with E-state index in [0.29, 0.717) is 5.56 Å². The van der Waals surface area contributed by atoms with E-state index >= 15 is 0 Å². The third kappa shape index (κ3) is 5.19. The third-order valence-electron chi connectivity index (χ3n) is 4.88. The van der Waals surface area contributed by atoms with Gasteiger partial charge >= 0.3 is 0 Å². The molecule has 0 atom stereocenters. The van der Waals surface area contributed by atoms with Crippen molar-refractivity contribution in [3.8, 4) is 11.1 Å². The van der Waals surface area contributed by atoms with E-state index in [2.05, 4.69) is 10.6 Å². The number of carbonyl (C=O) groups is 2. The number of amides is 2. The van der Waals surface area contributed by atoms with Crippen molar-refractivity contribution in [3.63, 3.8) is 0 Å². The van der Waals surface area contributed by atoms with E-state index in [1.165, 1.54) is 25.7 Å². The Hall–Kier alpha value is -2.62. The van der Waals surface area contributed by atoms with Gasteiger partial charge in [-0.3, -0.25) is 9.59 Å². The molecule has 136 valence electrons. The number of benzene rings is 2. The standard InChI is InChI=1S/C22H26N2O2/c25-21(24-20-10-6-1-2-7-11-20)16-23-22(26)19-14-12-18(13-15-19)17-8-4-3-5-9-17/h3-5,8-9,12-15,20H,1-2,6-7,10-11,16H2,(H,23,26)(H,24,25). The zero-order valence-electron chi connectivity index (χ0n) is 15.0. The fourth-order valence-corrected chi connectivity index (χ4v) is 3.41. The van der Waals surface area contributed by atoms with Gasteiger partial charge in [-0.25, -0.2) is 0 Å². The summed E-state index contributed by atoms with van der Waals surface area (Å²) >= 11 is 0. The van der Waals surface area contributed by atoms with E-state index in [1.807, 2.05) is 42.5 Å². The second-order valence-electron chi connectivity index (χ2n) is 6.88. The molecule has 0 saturated heterocycles. The van der Waals surface area contributed by atoms with Gasteiger partial charge in [0, 0.05) is 11.6 Å². The highest BCUT2D eigenvalue weighted by molar-refractivity contribution is 5.96. The minimum Gasteiger partial charge on any atom is -0.352 e. The van der Waals surface area contributed by atoms with Crippen molar-refractivity contribution in [1.82, 2.24) is 10.6 Å². The summed E-state index contributed by atoms with van der Waals surface area (Å²) in [5.41, 5.74) is 2.74. The van der Waals surface area contributed by atoms with Crippen LogP contribution in [0.1, 0.15) is 48.9 Å². The van der Waals surface area contributed by atoms with Gasteiger partial charge in [-0.2, -0.15) is 0 Å². The first kappa shape index (κ1) is 18.2. The summed E-state index contributed by atoms with van der Waals surface area (Å²) < 4.78 is 0. The summed E-state index contributed by atoms with van der Waals surface area (Å²) in [5.74, 6) is -0.327. The van der Waals surface area contributed by atoms with Gasteiger partial charge in [0.05, 0.1) is 6.54 Å². The van der Waals surface area contributed by atoms with Gasteiger partial charge in [0.15, 0.2) is 0 Å². The molecule has 26 heavy (non-hydrogen) atoms. The number of hydrogen-bond donors (Lipinski definition) is 2. The van der Waals surface area contributed by atoms with Gasteiger partial charge in [-0.1, -0.05) is 68.1 Å². The second-order valence-corrected chi connectivity index (χ2v) is 6.88. The molecule has 2 aromatic rings. The van der Waals surface area contributed by atoms with Crippen molar-refractivity contribution in [1.29, 1.82) is 0 Å². The topological polar surface area (TPSA) is 58.2 Å². The predicted molar refractivity (Wildman–Crippen MR) is 104 cm³/mol. The Kier molecular flexibility index (Phi) is 6.42. The second kappa shape index (κ2) is 9.18. The van der Waals surface area contributed by atoms with Gasteiger partial charge in [0.25, 0.3) is 5.91 Å². The molecule has 0 unspecified atom stereocenters. The van der Waals surface area contributed by atoms with E-state index in [-0.39, 0.29) is 24.4 Å². The van der Waals surface area contributed by atoms with Gasteiger partial charge in [-0.05, 0) is 36.1 Å². The Morgan fingerprint density at radius 3 is 2.08 bits per heavy atom. The van der Waals surface area contributed by atoms with E-state index in [0.717, 1.165) is 24.0 Å². The Labute approximate surface area is 155 Å². The molecule has 0 radical (unpaired) electrons.